The molecule has 1 aliphatic carbocycles. The maximum absolute atomic E-state index is 13.3. The molecule has 0 amide bonds. The standard InChI is InChI=1S/C17H16F6N4O/c1-8(7-24-13-6-14(28)27-26-13)10-5-12(17(21,22)23)25-15-9(10)3-2-4-11(15)16(18,19)20/h2-6,8,11,15H,7H2,1H3,(H3,24,26,27,28). The van der Waals surface area contributed by atoms with E-state index in [-0.39, 0.29) is 17.7 Å². The van der Waals surface area contributed by atoms with Crippen LogP contribution in [0.4, 0.5) is 32.2 Å². The summed E-state index contributed by atoms with van der Waals surface area (Å²) in [6.45, 7) is 1.68. The van der Waals surface area contributed by atoms with Gasteiger partial charge in [0.05, 0.1) is 12.0 Å². The fourth-order valence-corrected chi connectivity index (χ4v) is 3.18. The summed E-state index contributed by atoms with van der Waals surface area (Å²) in [5.74, 6) is -2.39. The topological polar surface area (TPSA) is 73.0 Å². The molecule has 3 unspecified atom stereocenters. The number of nitrogens with zero attached hydrogens (tertiary/aromatic N) is 1. The summed E-state index contributed by atoms with van der Waals surface area (Å²) >= 11 is 0. The Morgan fingerprint density at radius 2 is 1.93 bits per heavy atom. The maximum atomic E-state index is 13.3. The van der Waals surface area contributed by atoms with E-state index in [0.717, 1.165) is 12.2 Å². The van der Waals surface area contributed by atoms with E-state index >= 15 is 0 Å². The fourth-order valence-electron chi connectivity index (χ4n) is 3.18. The number of aromatic nitrogens is 2. The number of dihydropyridines is 1. The molecular formula is C17H16F6N4O. The number of nitrogens with one attached hydrogen (secondary N) is 3. The molecule has 0 bridgehead atoms. The van der Waals surface area contributed by atoms with Crippen molar-refractivity contribution >= 4 is 11.5 Å². The molecule has 0 fully saturated rings. The smallest absolute Gasteiger partial charge is 0.370 e. The number of fused-ring (bicyclic) bond motifs is 1. The molecule has 1 aromatic rings. The molecule has 1 aliphatic heterocycles. The van der Waals surface area contributed by atoms with Crippen molar-refractivity contribution in [2.75, 3.05) is 11.9 Å². The van der Waals surface area contributed by atoms with Gasteiger partial charge in [0.2, 0.25) is 0 Å². The second-order valence-electron chi connectivity index (χ2n) is 6.59. The van der Waals surface area contributed by atoms with Gasteiger partial charge >= 0.3 is 12.4 Å². The molecule has 0 spiro atoms. The van der Waals surface area contributed by atoms with Gasteiger partial charge in [0.15, 0.2) is 0 Å². The molecule has 11 heteroatoms. The SMILES string of the molecule is CC(CNc1cc(=O)[nH][nH]1)C1=CC(C(F)(F)F)=NC2C1=CC=CC2C(F)(F)F. The summed E-state index contributed by atoms with van der Waals surface area (Å²) in [4.78, 5) is 14.5. The predicted molar refractivity (Wildman–Crippen MR) is 91.2 cm³/mol. The van der Waals surface area contributed by atoms with Gasteiger partial charge < -0.3 is 5.32 Å². The normalized spacial score (nSPS) is 23.5. The highest BCUT2D eigenvalue weighted by Crippen LogP contribution is 2.43. The molecule has 28 heavy (non-hydrogen) atoms. The van der Waals surface area contributed by atoms with Crippen LogP contribution in [0.15, 0.2) is 51.3 Å². The summed E-state index contributed by atoms with van der Waals surface area (Å²) in [5, 5.41) is 7.67. The van der Waals surface area contributed by atoms with Crippen LogP contribution in [0.1, 0.15) is 6.92 Å². The van der Waals surface area contributed by atoms with Crippen molar-refractivity contribution in [3.8, 4) is 0 Å². The molecule has 0 saturated heterocycles. The summed E-state index contributed by atoms with van der Waals surface area (Å²) in [5.41, 5.74) is -1.51. The number of aliphatic imine (C=N–C) groups is 1. The summed E-state index contributed by atoms with van der Waals surface area (Å²) < 4.78 is 79.8. The fraction of sp³-hybridized carbons (Fsp3) is 0.412. The van der Waals surface area contributed by atoms with Crippen LogP contribution in [0.3, 0.4) is 0 Å². The maximum Gasteiger partial charge on any atom is 0.432 e. The molecule has 2 aliphatic rings. The van der Waals surface area contributed by atoms with Crippen molar-refractivity contribution in [2.24, 2.45) is 16.8 Å². The van der Waals surface area contributed by atoms with Crippen molar-refractivity contribution in [1.82, 2.24) is 10.2 Å². The van der Waals surface area contributed by atoms with Crippen molar-refractivity contribution in [3.05, 3.63) is 51.9 Å². The highest BCUT2D eigenvalue weighted by molar-refractivity contribution is 6.02. The lowest BCUT2D eigenvalue weighted by Gasteiger charge is -2.34. The number of halogens is 6. The number of aromatic amines is 2. The zero-order valence-corrected chi connectivity index (χ0v) is 14.4. The molecule has 3 N–H and O–H groups in total. The Labute approximate surface area is 154 Å². The Hall–Kier alpha value is -2.72. The minimum absolute atomic E-state index is 0.0925. The molecule has 3 rings (SSSR count). The van der Waals surface area contributed by atoms with Gasteiger partial charge in [-0.05, 0) is 23.1 Å². The van der Waals surface area contributed by atoms with E-state index in [0.29, 0.717) is 5.82 Å². The van der Waals surface area contributed by atoms with Crippen LogP contribution in [0.2, 0.25) is 0 Å². The van der Waals surface area contributed by atoms with E-state index < -0.39 is 41.5 Å². The van der Waals surface area contributed by atoms with E-state index in [1.54, 1.807) is 6.92 Å². The molecule has 1 aromatic heterocycles. The minimum Gasteiger partial charge on any atom is -0.370 e. The average molecular weight is 406 g/mol. The lowest BCUT2D eigenvalue weighted by molar-refractivity contribution is -0.164. The van der Waals surface area contributed by atoms with Gasteiger partial charge in [-0.15, -0.1) is 0 Å². The Morgan fingerprint density at radius 1 is 1.21 bits per heavy atom. The molecule has 152 valence electrons. The highest BCUT2D eigenvalue weighted by atomic mass is 19.4. The van der Waals surface area contributed by atoms with Crippen molar-refractivity contribution in [1.29, 1.82) is 0 Å². The first kappa shape index (κ1) is 20.0. The number of hydrogen-bond donors (Lipinski definition) is 3. The molecule has 0 aromatic carbocycles. The first-order valence-electron chi connectivity index (χ1n) is 8.30. The van der Waals surface area contributed by atoms with Crippen LogP contribution in [0.25, 0.3) is 0 Å². The Kier molecular flexibility index (Phi) is 5.02. The zero-order chi connectivity index (χ0) is 20.7. The Morgan fingerprint density at radius 3 is 2.50 bits per heavy atom. The van der Waals surface area contributed by atoms with E-state index in [2.05, 4.69) is 20.5 Å². The monoisotopic (exact) mass is 406 g/mol. The van der Waals surface area contributed by atoms with Crippen molar-refractivity contribution in [3.63, 3.8) is 0 Å². The minimum atomic E-state index is -4.87. The van der Waals surface area contributed by atoms with E-state index in [4.69, 9.17) is 0 Å². The largest absolute Gasteiger partial charge is 0.432 e. The first-order chi connectivity index (χ1) is 13.0. The van der Waals surface area contributed by atoms with Gasteiger partial charge in [-0.1, -0.05) is 25.2 Å². The third-order valence-electron chi connectivity index (χ3n) is 4.55. The van der Waals surface area contributed by atoms with Crippen LogP contribution in [-0.4, -0.2) is 40.8 Å². The van der Waals surface area contributed by atoms with Crippen molar-refractivity contribution in [2.45, 2.75) is 25.3 Å². The number of anilines is 1. The van der Waals surface area contributed by atoms with Crippen molar-refractivity contribution < 1.29 is 26.3 Å². The van der Waals surface area contributed by atoms with Gasteiger partial charge in [-0.3, -0.25) is 20.0 Å². The summed E-state index contributed by atoms with van der Waals surface area (Å²) in [7, 11) is 0. The molecule has 5 nitrogen and oxygen atoms in total. The lowest BCUT2D eigenvalue weighted by atomic mass is 9.78. The van der Waals surface area contributed by atoms with Gasteiger partial charge in [0.25, 0.3) is 5.56 Å². The third-order valence-corrected chi connectivity index (χ3v) is 4.55. The predicted octanol–water partition coefficient (Wildman–Crippen LogP) is 3.74. The first-order valence-corrected chi connectivity index (χ1v) is 8.30. The molecule has 0 saturated carbocycles. The van der Waals surface area contributed by atoms with Crippen LogP contribution >= 0.6 is 0 Å². The van der Waals surface area contributed by atoms with Gasteiger partial charge in [-0.25, -0.2) is 0 Å². The Balaban J connectivity index is 1.92. The average Bonchev–Trinajstić information content (AvgIpc) is 3.01. The summed E-state index contributed by atoms with van der Waals surface area (Å²) in [6, 6.07) is -0.466. The quantitative estimate of drug-likeness (QED) is 0.667. The van der Waals surface area contributed by atoms with E-state index in [1.165, 1.54) is 18.2 Å². The molecule has 0 radical (unpaired) electrons. The lowest BCUT2D eigenvalue weighted by Crippen LogP contribution is -2.40. The second kappa shape index (κ2) is 7.02. The summed E-state index contributed by atoms with van der Waals surface area (Å²) in [6.07, 6.45) is -5.43. The van der Waals surface area contributed by atoms with Gasteiger partial charge in [0.1, 0.15) is 11.5 Å². The molecule has 3 atom stereocenters. The number of hydrogen-bond acceptors (Lipinski definition) is 3. The van der Waals surface area contributed by atoms with Gasteiger partial charge in [-0.2, -0.15) is 26.3 Å². The highest BCUT2D eigenvalue weighted by Gasteiger charge is 2.49. The van der Waals surface area contributed by atoms with Crippen LogP contribution in [0, 0.1) is 11.8 Å². The molecule has 2 heterocycles. The van der Waals surface area contributed by atoms with E-state index in [9.17, 15) is 31.1 Å². The van der Waals surface area contributed by atoms with Gasteiger partial charge in [0, 0.05) is 12.6 Å². The number of alkyl halides is 6. The zero-order valence-electron chi connectivity index (χ0n) is 14.4. The number of allylic oxidation sites excluding steroid dienone is 3. The number of H-pyrrole nitrogens is 2. The second-order valence-corrected chi connectivity index (χ2v) is 6.59. The van der Waals surface area contributed by atoms with Crippen LogP contribution < -0.4 is 10.9 Å². The van der Waals surface area contributed by atoms with Crippen LogP contribution in [0.5, 0.6) is 0 Å². The van der Waals surface area contributed by atoms with Crippen LogP contribution in [-0.2, 0) is 0 Å². The third kappa shape index (κ3) is 4.07. The van der Waals surface area contributed by atoms with E-state index in [1.807, 2.05) is 0 Å². The Bertz CT molecular complexity index is 915. The number of rotatable bonds is 4. The molecular weight excluding hydrogens is 390 g/mol.